The minimum absolute atomic E-state index is 0.0384. The number of methoxy groups -OCH3 is 2. The summed E-state index contributed by atoms with van der Waals surface area (Å²) in [5.41, 5.74) is 1.06. The van der Waals surface area contributed by atoms with Gasteiger partial charge >= 0.3 is 11.9 Å². The van der Waals surface area contributed by atoms with E-state index >= 15 is 0 Å². The van der Waals surface area contributed by atoms with Crippen LogP contribution in [0.4, 0.5) is 0 Å². The standard InChI is InChI=1S/C50H52Cl4N4O8/c1-63-37-11-9-35-17-23-57(45(59)27-33-7-13-41(51)43(53)25-33)49(39(35)29-37,31-55-19-3-4-20-55)65-47(61)15-16-48(62)66-50(32-56-21-5-6-22-56)40-30-38(64-2)12-10-36(40)18-24-58(50)46(60)28-34-8-14-42(52)44(54)26-34/h7-16,25-26,29-30H,3-6,17-24,27-28,31-32H2,1-2H3/b16-15-. The number of benzene rings is 4. The van der Waals surface area contributed by atoms with Crippen LogP contribution in [0.15, 0.2) is 84.9 Å². The topological polar surface area (TPSA) is 118 Å². The number of hydrogen-bond acceptors (Lipinski definition) is 10. The monoisotopic (exact) mass is 976 g/mol. The third-order valence-corrected chi connectivity index (χ3v) is 14.5. The van der Waals surface area contributed by atoms with E-state index in [-0.39, 0.29) is 50.8 Å². The first-order valence-electron chi connectivity index (χ1n) is 22.2. The highest BCUT2D eigenvalue weighted by molar-refractivity contribution is 6.42. The molecule has 2 atom stereocenters. The number of hydrogen-bond donors (Lipinski definition) is 0. The zero-order valence-electron chi connectivity index (χ0n) is 37.0. The molecule has 0 bridgehead atoms. The van der Waals surface area contributed by atoms with E-state index in [0.29, 0.717) is 66.7 Å². The number of rotatable bonds is 14. The highest BCUT2D eigenvalue weighted by Crippen LogP contribution is 2.43. The summed E-state index contributed by atoms with van der Waals surface area (Å²) in [6.45, 7) is 3.81. The fourth-order valence-corrected chi connectivity index (χ4v) is 10.4. The van der Waals surface area contributed by atoms with Gasteiger partial charge in [-0.3, -0.25) is 29.2 Å². The maximum absolute atomic E-state index is 14.6. The summed E-state index contributed by atoms with van der Waals surface area (Å²) in [5, 5.41) is 1.37. The number of nitrogens with zero attached hydrogens (tertiary/aromatic N) is 4. The van der Waals surface area contributed by atoms with Gasteiger partial charge in [-0.2, -0.15) is 0 Å². The molecule has 4 aliphatic rings. The van der Waals surface area contributed by atoms with Crippen molar-refractivity contribution < 1.29 is 38.1 Å². The van der Waals surface area contributed by atoms with Crippen LogP contribution < -0.4 is 9.47 Å². The van der Waals surface area contributed by atoms with E-state index in [2.05, 4.69) is 9.80 Å². The number of fused-ring (bicyclic) bond motifs is 2. The van der Waals surface area contributed by atoms with Crippen LogP contribution >= 0.6 is 46.4 Å². The largest absolute Gasteiger partial charge is 0.497 e. The van der Waals surface area contributed by atoms with E-state index in [1.165, 1.54) is 0 Å². The second-order valence-electron chi connectivity index (χ2n) is 17.2. The van der Waals surface area contributed by atoms with Gasteiger partial charge in [-0.05, 0) is 135 Å². The predicted octanol–water partition coefficient (Wildman–Crippen LogP) is 8.41. The Bertz CT molecular complexity index is 2360. The van der Waals surface area contributed by atoms with Crippen LogP contribution in [-0.2, 0) is 65.8 Å². The molecule has 4 aromatic carbocycles. The van der Waals surface area contributed by atoms with Crippen molar-refractivity contribution in [3.63, 3.8) is 0 Å². The lowest BCUT2D eigenvalue weighted by molar-refractivity contribution is -0.199. The summed E-state index contributed by atoms with van der Waals surface area (Å²) in [4.78, 5) is 65.8. The molecule has 0 aromatic heterocycles. The van der Waals surface area contributed by atoms with Crippen molar-refractivity contribution in [3.8, 4) is 11.5 Å². The normalized spacial score (nSPS) is 20.8. The van der Waals surface area contributed by atoms with Gasteiger partial charge in [0.05, 0.1) is 60.2 Å². The molecule has 4 heterocycles. The Morgan fingerprint density at radius 2 is 0.924 bits per heavy atom. The van der Waals surface area contributed by atoms with Crippen LogP contribution in [0.5, 0.6) is 11.5 Å². The van der Waals surface area contributed by atoms with E-state index in [4.69, 9.17) is 65.4 Å². The van der Waals surface area contributed by atoms with E-state index in [9.17, 15) is 19.2 Å². The molecule has 0 radical (unpaired) electrons. The molecule has 2 saturated heterocycles. The molecular weight excluding hydrogens is 926 g/mol. The van der Waals surface area contributed by atoms with Crippen molar-refractivity contribution in [1.82, 2.24) is 19.6 Å². The summed E-state index contributed by atoms with van der Waals surface area (Å²) in [7, 11) is 3.11. The van der Waals surface area contributed by atoms with Crippen molar-refractivity contribution in [2.45, 2.75) is 62.8 Å². The minimum atomic E-state index is -1.62. The Balaban J connectivity index is 1.15. The second-order valence-corrected chi connectivity index (χ2v) is 18.8. The van der Waals surface area contributed by atoms with E-state index in [1.54, 1.807) is 60.4 Å². The molecule has 2 amide bonds. The molecule has 0 spiro atoms. The molecule has 348 valence electrons. The highest BCUT2D eigenvalue weighted by Gasteiger charge is 2.52. The number of likely N-dealkylation sites (tertiary alicyclic amines) is 2. The van der Waals surface area contributed by atoms with Crippen LogP contribution in [-0.4, -0.2) is 110 Å². The summed E-state index contributed by atoms with van der Waals surface area (Å²) >= 11 is 25.2. The van der Waals surface area contributed by atoms with Crippen molar-refractivity contribution in [2.24, 2.45) is 0 Å². The lowest BCUT2D eigenvalue weighted by Gasteiger charge is -2.48. The first-order chi connectivity index (χ1) is 31.8. The van der Waals surface area contributed by atoms with Crippen LogP contribution in [0, 0.1) is 0 Å². The maximum atomic E-state index is 14.6. The van der Waals surface area contributed by atoms with Gasteiger partial charge in [-0.15, -0.1) is 0 Å². The zero-order chi connectivity index (χ0) is 46.6. The number of halogens is 4. The third-order valence-electron chi connectivity index (χ3n) is 13.0. The number of esters is 2. The number of ether oxygens (including phenoxy) is 4. The van der Waals surface area contributed by atoms with Gasteiger partial charge in [-0.1, -0.05) is 70.7 Å². The molecule has 4 aliphatic heterocycles. The minimum Gasteiger partial charge on any atom is -0.497 e. The summed E-state index contributed by atoms with van der Waals surface area (Å²) < 4.78 is 24.5. The van der Waals surface area contributed by atoms with Crippen LogP contribution in [0.1, 0.15) is 59.1 Å². The molecule has 0 aliphatic carbocycles. The van der Waals surface area contributed by atoms with Gasteiger partial charge in [0.15, 0.2) is 0 Å². The average Bonchev–Trinajstić information content (AvgIpc) is 4.03. The van der Waals surface area contributed by atoms with Crippen LogP contribution in [0.2, 0.25) is 20.1 Å². The quantitative estimate of drug-likeness (QED) is 0.0901. The molecule has 0 saturated carbocycles. The van der Waals surface area contributed by atoms with Gasteiger partial charge < -0.3 is 18.9 Å². The van der Waals surface area contributed by atoms with Crippen molar-refractivity contribution >= 4 is 70.2 Å². The first-order valence-corrected chi connectivity index (χ1v) is 23.7. The molecule has 16 heteroatoms. The van der Waals surface area contributed by atoms with Crippen molar-refractivity contribution in [3.05, 3.63) is 138 Å². The SMILES string of the molecule is COc1ccc2c(c1)C(CN1CCCC1)(OC(=O)/C=C\C(=O)OC1(CN3CCCC3)c3cc(OC)ccc3CCN1C(=O)Cc1ccc(Cl)c(Cl)c1)N(C(=O)Cc1ccc(Cl)c(Cl)c1)CC2. The van der Waals surface area contributed by atoms with Gasteiger partial charge in [-0.25, -0.2) is 9.59 Å². The Kier molecular flexibility index (Phi) is 14.9. The molecule has 2 fully saturated rings. The molecule has 8 rings (SSSR count). The van der Waals surface area contributed by atoms with Gasteiger partial charge in [0.1, 0.15) is 11.5 Å². The van der Waals surface area contributed by atoms with Crippen molar-refractivity contribution in [1.29, 1.82) is 0 Å². The summed E-state index contributed by atoms with van der Waals surface area (Å²) in [5.74, 6) is -1.28. The van der Waals surface area contributed by atoms with Gasteiger partial charge in [0.25, 0.3) is 0 Å². The third kappa shape index (κ3) is 10.2. The zero-order valence-corrected chi connectivity index (χ0v) is 40.0. The number of amides is 2. The Labute approximate surface area is 405 Å². The second kappa shape index (κ2) is 20.6. The molecule has 0 N–H and O–H groups in total. The molecular formula is C50H52Cl4N4O8. The van der Waals surface area contributed by atoms with E-state index in [0.717, 1.165) is 75.1 Å². The smallest absolute Gasteiger partial charge is 0.333 e. The predicted molar refractivity (Wildman–Crippen MR) is 253 cm³/mol. The first kappa shape index (κ1) is 47.7. The van der Waals surface area contributed by atoms with E-state index in [1.807, 2.05) is 36.4 Å². The van der Waals surface area contributed by atoms with Gasteiger partial charge in [0, 0.05) is 36.4 Å². The molecule has 66 heavy (non-hydrogen) atoms. The molecule has 2 unspecified atom stereocenters. The van der Waals surface area contributed by atoms with Gasteiger partial charge in [0.2, 0.25) is 23.3 Å². The highest BCUT2D eigenvalue weighted by atomic mass is 35.5. The lowest BCUT2D eigenvalue weighted by Crippen LogP contribution is -2.61. The molecule has 12 nitrogen and oxygen atoms in total. The summed E-state index contributed by atoms with van der Waals surface area (Å²) in [6.07, 6.45) is 6.76. The Morgan fingerprint density at radius 1 is 0.530 bits per heavy atom. The van der Waals surface area contributed by atoms with Crippen molar-refractivity contribution in [2.75, 3.05) is 66.6 Å². The lowest BCUT2D eigenvalue weighted by atomic mass is 9.87. The van der Waals surface area contributed by atoms with Crippen LogP contribution in [0.25, 0.3) is 0 Å². The Morgan fingerprint density at radius 3 is 1.29 bits per heavy atom. The number of carbonyl (C=O) groups excluding carboxylic acids is 4. The Hall–Kier alpha value is -4.82. The average molecular weight is 979 g/mol. The molecule has 4 aromatic rings. The fourth-order valence-electron chi connectivity index (χ4n) is 9.79. The summed E-state index contributed by atoms with van der Waals surface area (Å²) in [6, 6.07) is 21.3. The number of carbonyl (C=O) groups is 4. The van der Waals surface area contributed by atoms with E-state index < -0.39 is 23.4 Å². The van der Waals surface area contributed by atoms with Crippen LogP contribution in [0.3, 0.4) is 0 Å². The maximum Gasteiger partial charge on any atom is 0.333 e. The fraction of sp³-hybridized carbons (Fsp3) is 0.400.